The van der Waals surface area contributed by atoms with Gasteiger partial charge in [0, 0.05) is 18.5 Å². The van der Waals surface area contributed by atoms with Crippen molar-refractivity contribution in [3.05, 3.63) is 30.1 Å². The summed E-state index contributed by atoms with van der Waals surface area (Å²) >= 11 is 0. The van der Waals surface area contributed by atoms with Crippen molar-refractivity contribution in [2.45, 2.75) is 12.2 Å². The second-order valence-corrected chi connectivity index (χ2v) is 4.73. The highest BCUT2D eigenvalue weighted by Gasteiger charge is 2.31. The summed E-state index contributed by atoms with van der Waals surface area (Å²) in [4.78, 5) is 20.8. The van der Waals surface area contributed by atoms with Gasteiger partial charge in [0.15, 0.2) is 0 Å². The van der Waals surface area contributed by atoms with Crippen molar-refractivity contribution in [1.29, 1.82) is 0 Å². The molecule has 2 heterocycles. The fraction of sp³-hybridized carbons (Fsp3) is 0.308. The molecule has 1 aliphatic rings. The number of para-hydroxylation sites is 1. The zero-order valence-corrected chi connectivity index (χ0v) is 10.5. The first-order valence-corrected chi connectivity index (χ1v) is 6.17. The molecule has 0 radical (unpaired) electrons. The van der Waals surface area contributed by atoms with Crippen LogP contribution < -0.4 is 4.90 Å². The van der Waals surface area contributed by atoms with E-state index < -0.39 is 18.2 Å². The van der Waals surface area contributed by atoms with Crippen LogP contribution in [0.1, 0.15) is 10.6 Å². The summed E-state index contributed by atoms with van der Waals surface area (Å²) in [5.41, 5.74) is 0.519. The van der Waals surface area contributed by atoms with Crippen LogP contribution in [0.4, 0.5) is 5.82 Å². The van der Waals surface area contributed by atoms with Crippen LogP contribution in [0.15, 0.2) is 24.3 Å². The monoisotopic (exact) mass is 275 g/mol. The summed E-state index contributed by atoms with van der Waals surface area (Å²) in [6.07, 6.45) is -1.73. The normalized spacial score (nSPS) is 22.4. The third-order valence-corrected chi connectivity index (χ3v) is 3.33. The van der Waals surface area contributed by atoms with Gasteiger partial charge >= 0.3 is 5.97 Å². The van der Waals surface area contributed by atoms with E-state index in [1.165, 1.54) is 0 Å². The molecule has 0 aliphatic carbocycles. The maximum Gasteiger partial charge on any atom is 0.374 e. The number of aromatic nitrogens is 2. The van der Waals surface area contributed by atoms with Gasteiger partial charge in [0.25, 0.3) is 0 Å². The number of carboxylic acids is 1. The van der Waals surface area contributed by atoms with E-state index in [0.717, 1.165) is 0 Å². The second-order valence-electron chi connectivity index (χ2n) is 4.73. The molecule has 7 heteroatoms. The predicted molar refractivity (Wildman–Crippen MR) is 70.7 cm³/mol. The van der Waals surface area contributed by atoms with E-state index in [0.29, 0.717) is 16.7 Å². The lowest BCUT2D eigenvalue weighted by atomic mass is 10.2. The summed E-state index contributed by atoms with van der Waals surface area (Å²) in [6, 6.07) is 7.06. The molecule has 7 nitrogen and oxygen atoms in total. The van der Waals surface area contributed by atoms with E-state index >= 15 is 0 Å². The van der Waals surface area contributed by atoms with E-state index in [1.54, 1.807) is 29.2 Å². The van der Waals surface area contributed by atoms with E-state index in [-0.39, 0.29) is 18.9 Å². The van der Waals surface area contributed by atoms with Gasteiger partial charge in [0.1, 0.15) is 5.82 Å². The maximum absolute atomic E-state index is 11.1. The first-order chi connectivity index (χ1) is 9.56. The molecule has 3 rings (SSSR count). The van der Waals surface area contributed by atoms with E-state index in [9.17, 15) is 15.0 Å². The van der Waals surface area contributed by atoms with Crippen LogP contribution in [0.3, 0.4) is 0 Å². The third kappa shape index (κ3) is 2.06. The average molecular weight is 275 g/mol. The number of aromatic carboxylic acids is 1. The van der Waals surface area contributed by atoms with Gasteiger partial charge in [0.2, 0.25) is 5.82 Å². The van der Waals surface area contributed by atoms with Crippen molar-refractivity contribution in [3.63, 3.8) is 0 Å². The number of benzene rings is 1. The standard InChI is InChI=1S/C13H13N3O4/c17-9-5-16(6-10(9)18)12-7-3-1-2-4-8(7)14-11(15-12)13(19)20/h1-4,9-10,17-18H,5-6H2,(H,19,20). The van der Waals surface area contributed by atoms with Gasteiger partial charge in [-0.25, -0.2) is 14.8 Å². The summed E-state index contributed by atoms with van der Waals surface area (Å²) in [6.45, 7) is 0.419. The first kappa shape index (κ1) is 12.8. The van der Waals surface area contributed by atoms with E-state index in [1.807, 2.05) is 0 Å². The Morgan fingerprint density at radius 3 is 2.45 bits per heavy atom. The number of fused-ring (bicyclic) bond motifs is 1. The first-order valence-electron chi connectivity index (χ1n) is 6.17. The lowest BCUT2D eigenvalue weighted by Gasteiger charge is -2.18. The fourth-order valence-corrected chi connectivity index (χ4v) is 2.34. The Balaban J connectivity index is 2.15. The van der Waals surface area contributed by atoms with Crippen LogP contribution in [0.5, 0.6) is 0 Å². The number of β-amino-alcohol motifs (C(OH)–C–C–N with tert-alkyl or cyclic N) is 2. The zero-order valence-electron chi connectivity index (χ0n) is 10.5. The van der Waals surface area contributed by atoms with E-state index in [2.05, 4.69) is 9.97 Å². The molecular weight excluding hydrogens is 262 g/mol. The largest absolute Gasteiger partial charge is 0.475 e. The lowest BCUT2D eigenvalue weighted by molar-refractivity contribution is 0.0572. The summed E-state index contributed by atoms with van der Waals surface area (Å²) in [5.74, 6) is -1.09. The number of rotatable bonds is 2. The minimum absolute atomic E-state index is 0.210. The molecule has 3 N–H and O–H groups in total. The number of hydrogen-bond donors (Lipinski definition) is 3. The molecule has 1 fully saturated rings. The van der Waals surface area contributed by atoms with Gasteiger partial charge in [-0.3, -0.25) is 0 Å². The van der Waals surface area contributed by atoms with Gasteiger partial charge in [-0.1, -0.05) is 12.1 Å². The zero-order chi connectivity index (χ0) is 14.3. The van der Waals surface area contributed by atoms with E-state index in [4.69, 9.17) is 5.11 Å². The number of nitrogens with zero attached hydrogens (tertiary/aromatic N) is 3. The number of carbonyl (C=O) groups is 1. The minimum Gasteiger partial charge on any atom is -0.475 e. The molecule has 0 saturated carbocycles. The second kappa shape index (κ2) is 4.69. The van der Waals surface area contributed by atoms with Crippen LogP contribution in [-0.2, 0) is 0 Å². The molecule has 2 aromatic rings. The topological polar surface area (TPSA) is 107 Å². The molecule has 104 valence electrons. The fourth-order valence-electron chi connectivity index (χ4n) is 2.34. The minimum atomic E-state index is -1.21. The number of anilines is 1. The van der Waals surface area contributed by atoms with Crippen LogP contribution in [0.2, 0.25) is 0 Å². The molecule has 1 aliphatic heterocycles. The third-order valence-electron chi connectivity index (χ3n) is 3.33. The van der Waals surface area contributed by atoms with Crippen molar-refractivity contribution in [1.82, 2.24) is 9.97 Å². The summed E-state index contributed by atoms with van der Waals surface area (Å²) in [5, 5.41) is 29.0. The van der Waals surface area contributed by atoms with Crippen molar-refractivity contribution in [2.24, 2.45) is 0 Å². The highest BCUT2D eigenvalue weighted by molar-refractivity contribution is 5.94. The molecule has 20 heavy (non-hydrogen) atoms. The SMILES string of the molecule is O=C(O)c1nc(N2CC(O)C(O)C2)c2ccccc2n1. The smallest absolute Gasteiger partial charge is 0.374 e. The van der Waals surface area contributed by atoms with Crippen molar-refractivity contribution >= 4 is 22.7 Å². The number of hydrogen-bond acceptors (Lipinski definition) is 6. The van der Waals surface area contributed by atoms with Gasteiger partial charge in [-0.2, -0.15) is 0 Å². The van der Waals surface area contributed by atoms with Gasteiger partial charge in [-0.15, -0.1) is 0 Å². The van der Waals surface area contributed by atoms with Crippen LogP contribution in [0.25, 0.3) is 10.9 Å². The quantitative estimate of drug-likeness (QED) is 0.700. The summed E-state index contributed by atoms with van der Waals surface area (Å²) < 4.78 is 0. The molecule has 2 unspecified atom stereocenters. The molecule has 1 saturated heterocycles. The van der Waals surface area contributed by atoms with Crippen molar-refractivity contribution in [3.8, 4) is 0 Å². The van der Waals surface area contributed by atoms with Gasteiger partial charge in [0.05, 0.1) is 17.7 Å². The Morgan fingerprint density at radius 2 is 1.80 bits per heavy atom. The Bertz CT molecular complexity index is 666. The molecule has 1 aromatic heterocycles. The van der Waals surface area contributed by atoms with Gasteiger partial charge < -0.3 is 20.2 Å². The van der Waals surface area contributed by atoms with Crippen molar-refractivity contribution < 1.29 is 20.1 Å². The van der Waals surface area contributed by atoms with Crippen molar-refractivity contribution in [2.75, 3.05) is 18.0 Å². The molecule has 2 atom stereocenters. The number of aliphatic hydroxyl groups is 2. The summed E-state index contributed by atoms with van der Waals surface area (Å²) in [7, 11) is 0. The van der Waals surface area contributed by atoms with Crippen LogP contribution in [0, 0.1) is 0 Å². The molecular formula is C13H13N3O4. The lowest BCUT2D eigenvalue weighted by Crippen LogP contribution is -2.23. The predicted octanol–water partition coefficient (Wildman–Crippen LogP) is -0.130. The number of carboxylic acid groups (broad SMARTS) is 1. The Kier molecular flexibility index (Phi) is 3.00. The Hall–Kier alpha value is -2.25. The molecule has 0 spiro atoms. The van der Waals surface area contributed by atoms with Crippen LogP contribution >= 0.6 is 0 Å². The maximum atomic E-state index is 11.1. The van der Waals surface area contributed by atoms with Gasteiger partial charge in [-0.05, 0) is 12.1 Å². The molecule has 0 amide bonds. The van der Waals surface area contributed by atoms with Crippen LogP contribution in [-0.4, -0.2) is 56.6 Å². The average Bonchev–Trinajstić information content (AvgIpc) is 2.77. The molecule has 0 bridgehead atoms. The highest BCUT2D eigenvalue weighted by atomic mass is 16.4. The Labute approximate surface area is 114 Å². The Morgan fingerprint density at radius 1 is 1.15 bits per heavy atom. The molecule has 1 aromatic carbocycles. The number of aliphatic hydroxyl groups excluding tert-OH is 2. The highest BCUT2D eigenvalue weighted by Crippen LogP contribution is 2.27.